The van der Waals surface area contributed by atoms with E-state index in [2.05, 4.69) is 4.98 Å². The second kappa shape index (κ2) is 7.09. The highest BCUT2D eigenvalue weighted by Crippen LogP contribution is 2.23. The van der Waals surface area contributed by atoms with Crippen molar-refractivity contribution in [1.29, 1.82) is 0 Å². The van der Waals surface area contributed by atoms with Crippen LogP contribution in [0.1, 0.15) is 36.5 Å². The van der Waals surface area contributed by atoms with Gasteiger partial charge in [-0.05, 0) is 32.4 Å². The van der Waals surface area contributed by atoms with Crippen LogP contribution in [0.5, 0.6) is 0 Å². The molecule has 6 nitrogen and oxygen atoms in total. The molecule has 122 valence electrons. The van der Waals surface area contributed by atoms with E-state index in [1.54, 1.807) is 6.92 Å². The Morgan fingerprint density at radius 1 is 1.30 bits per heavy atom. The molecule has 0 saturated carbocycles. The number of amides is 1. The number of carboxylic acids is 1. The maximum absolute atomic E-state index is 12.7. The van der Waals surface area contributed by atoms with E-state index in [9.17, 15) is 9.59 Å². The largest absolute Gasteiger partial charge is 0.480 e. The molecule has 1 atom stereocenters. The van der Waals surface area contributed by atoms with Crippen molar-refractivity contribution in [1.82, 2.24) is 9.88 Å². The van der Waals surface area contributed by atoms with E-state index in [1.807, 2.05) is 44.2 Å². The van der Waals surface area contributed by atoms with Gasteiger partial charge in [-0.25, -0.2) is 4.98 Å². The Labute approximate surface area is 134 Å². The topological polar surface area (TPSA) is 83.6 Å². The van der Waals surface area contributed by atoms with Gasteiger partial charge in [-0.2, -0.15) is 0 Å². The van der Waals surface area contributed by atoms with Gasteiger partial charge in [-0.3, -0.25) is 9.59 Å². The van der Waals surface area contributed by atoms with Gasteiger partial charge in [0.1, 0.15) is 6.54 Å². The van der Waals surface area contributed by atoms with Gasteiger partial charge in [-0.1, -0.05) is 25.1 Å². The molecule has 0 radical (unpaired) electrons. The maximum Gasteiger partial charge on any atom is 0.323 e. The van der Waals surface area contributed by atoms with E-state index < -0.39 is 11.9 Å². The van der Waals surface area contributed by atoms with Gasteiger partial charge in [0.05, 0.1) is 5.69 Å². The number of carbonyl (C=O) groups is 2. The van der Waals surface area contributed by atoms with Crippen LogP contribution in [-0.4, -0.2) is 39.5 Å². The number of carbonyl (C=O) groups excluding carboxylic acids is 1. The third-order valence-corrected chi connectivity index (χ3v) is 3.70. The number of rotatable bonds is 6. The molecule has 0 aliphatic heterocycles. The summed E-state index contributed by atoms with van der Waals surface area (Å²) in [6, 6.07) is 9.05. The molecule has 2 rings (SSSR count). The van der Waals surface area contributed by atoms with Crippen molar-refractivity contribution >= 4 is 11.9 Å². The van der Waals surface area contributed by atoms with Crippen molar-refractivity contribution < 1.29 is 19.1 Å². The van der Waals surface area contributed by atoms with Crippen LogP contribution in [0.4, 0.5) is 0 Å². The summed E-state index contributed by atoms with van der Waals surface area (Å²) in [5.74, 6) is -1.07. The Morgan fingerprint density at radius 2 is 1.96 bits per heavy atom. The molecule has 6 heteroatoms. The highest BCUT2D eigenvalue weighted by atomic mass is 16.4. The Morgan fingerprint density at radius 3 is 2.52 bits per heavy atom. The molecule has 1 heterocycles. The molecule has 1 amide bonds. The highest BCUT2D eigenvalue weighted by molar-refractivity contribution is 5.94. The van der Waals surface area contributed by atoms with Crippen molar-refractivity contribution in [2.75, 3.05) is 6.54 Å². The molecule has 1 unspecified atom stereocenters. The van der Waals surface area contributed by atoms with Crippen LogP contribution in [0.2, 0.25) is 0 Å². The molecule has 1 aromatic heterocycles. The molecule has 0 aliphatic carbocycles. The molecule has 1 aromatic carbocycles. The fourth-order valence-corrected chi connectivity index (χ4v) is 2.22. The summed E-state index contributed by atoms with van der Waals surface area (Å²) in [7, 11) is 0. The lowest BCUT2D eigenvalue weighted by Gasteiger charge is -2.25. The lowest BCUT2D eigenvalue weighted by atomic mass is 10.2. The molecule has 0 fully saturated rings. The summed E-state index contributed by atoms with van der Waals surface area (Å²) in [6.45, 7) is 5.02. The third kappa shape index (κ3) is 3.77. The molecular formula is C17H20N2O4. The summed E-state index contributed by atoms with van der Waals surface area (Å²) in [6.07, 6.45) is 0.651. The SMILES string of the molecule is CCC(C)N(CC(=O)O)C(=O)c1oc(-c2ccccc2)nc1C. The lowest BCUT2D eigenvalue weighted by Crippen LogP contribution is -2.41. The maximum atomic E-state index is 12.7. The number of carboxylic acid groups (broad SMARTS) is 1. The Bertz CT molecular complexity index is 694. The van der Waals surface area contributed by atoms with Gasteiger partial charge in [0.25, 0.3) is 5.91 Å². The predicted molar refractivity (Wildman–Crippen MR) is 85.1 cm³/mol. The Hall–Kier alpha value is -2.63. The van der Waals surface area contributed by atoms with Crippen LogP contribution in [0.15, 0.2) is 34.7 Å². The van der Waals surface area contributed by atoms with E-state index in [0.717, 1.165) is 5.56 Å². The molecular weight excluding hydrogens is 296 g/mol. The zero-order valence-electron chi connectivity index (χ0n) is 13.4. The first-order valence-electron chi connectivity index (χ1n) is 7.49. The zero-order chi connectivity index (χ0) is 17.0. The van der Waals surface area contributed by atoms with Crippen LogP contribution < -0.4 is 0 Å². The van der Waals surface area contributed by atoms with E-state index in [0.29, 0.717) is 18.0 Å². The smallest absolute Gasteiger partial charge is 0.323 e. The zero-order valence-corrected chi connectivity index (χ0v) is 13.4. The summed E-state index contributed by atoms with van der Waals surface area (Å²) < 4.78 is 5.62. The summed E-state index contributed by atoms with van der Waals surface area (Å²) >= 11 is 0. The first-order valence-corrected chi connectivity index (χ1v) is 7.49. The molecule has 1 N–H and O–H groups in total. The molecule has 2 aromatic rings. The van der Waals surface area contributed by atoms with Crippen molar-refractivity contribution in [3.63, 3.8) is 0 Å². The fraction of sp³-hybridized carbons (Fsp3) is 0.353. The van der Waals surface area contributed by atoms with Crippen LogP contribution in [0.3, 0.4) is 0 Å². The minimum atomic E-state index is -1.06. The van der Waals surface area contributed by atoms with Gasteiger partial charge in [-0.15, -0.1) is 0 Å². The standard InChI is InChI=1S/C17H20N2O4/c1-4-11(2)19(10-14(20)21)17(22)15-12(3)18-16(23-15)13-8-6-5-7-9-13/h5-9,11H,4,10H2,1-3H3,(H,20,21). The Balaban J connectivity index is 2.34. The third-order valence-electron chi connectivity index (χ3n) is 3.70. The summed E-state index contributed by atoms with van der Waals surface area (Å²) in [5, 5.41) is 9.04. The minimum Gasteiger partial charge on any atom is -0.480 e. The first kappa shape index (κ1) is 16.7. The van der Waals surface area contributed by atoms with Crippen molar-refractivity contribution in [3.05, 3.63) is 41.8 Å². The molecule has 0 aliphatic rings. The normalized spacial score (nSPS) is 12.0. The van der Waals surface area contributed by atoms with Crippen LogP contribution in [0.25, 0.3) is 11.5 Å². The van der Waals surface area contributed by atoms with Gasteiger partial charge in [0, 0.05) is 11.6 Å². The van der Waals surface area contributed by atoms with Crippen molar-refractivity contribution in [2.45, 2.75) is 33.2 Å². The number of nitrogens with zero attached hydrogens (tertiary/aromatic N) is 2. The van der Waals surface area contributed by atoms with Crippen LogP contribution in [0, 0.1) is 6.92 Å². The monoisotopic (exact) mass is 316 g/mol. The van der Waals surface area contributed by atoms with Crippen LogP contribution in [-0.2, 0) is 4.79 Å². The van der Waals surface area contributed by atoms with Gasteiger partial charge < -0.3 is 14.4 Å². The summed E-state index contributed by atoms with van der Waals surface area (Å²) in [5.41, 5.74) is 1.22. The average molecular weight is 316 g/mol. The number of aryl methyl sites for hydroxylation is 1. The second-order valence-corrected chi connectivity index (χ2v) is 5.38. The predicted octanol–water partition coefficient (Wildman–Crippen LogP) is 2.98. The van der Waals surface area contributed by atoms with E-state index >= 15 is 0 Å². The lowest BCUT2D eigenvalue weighted by molar-refractivity contribution is -0.138. The molecule has 23 heavy (non-hydrogen) atoms. The van der Waals surface area contributed by atoms with Gasteiger partial charge in [0.2, 0.25) is 11.7 Å². The Kier molecular flexibility index (Phi) is 5.16. The first-order chi connectivity index (χ1) is 10.9. The minimum absolute atomic E-state index is 0.0883. The van der Waals surface area contributed by atoms with Gasteiger partial charge >= 0.3 is 5.97 Å². The number of hydrogen-bond donors (Lipinski definition) is 1. The number of hydrogen-bond acceptors (Lipinski definition) is 4. The highest BCUT2D eigenvalue weighted by Gasteiger charge is 2.28. The average Bonchev–Trinajstić information content (AvgIpc) is 2.94. The number of aliphatic carboxylic acids is 1. The molecule has 0 bridgehead atoms. The quantitative estimate of drug-likeness (QED) is 0.885. The van der Waals surface area contributed by atoms with Crippen molar-refractivity contribution in [3.8, 4) is 11.5 Å². The second-order valence-electron chi connectivity index (χ2n) is 5.38. The fourth-order valence-electron chi connectivity index (χ4n) is 2.22. The van der Waals surface area contributed by atoms with Gasteiger partial charge in [0.15, 0.2) is 0 Å². The summed E-state index contributed by atoms with van der Waals surface area (Å²) in [4.78, 5) is 29.3. The molecule has 0 saturated heterocycles. The van der Waals surface area contributed by atoms with Crippen LogP contribution >= 0.6 is 0 Å². The van der Waals surface area contributed by atoms with E-state index in [1.165, 1.54) is 4.90 Å². The van der Waals surface area contributed by atoms with E-state index in [4.69, 9.17) is 9.52 Å². The van der Waals surface area contributed by atoms with E-state index in [-0.39, 0.29) is 18.3 Å². The molecule has 0 spiro atoms. The number of benzene rings is 1. The number of aromatic nitrogens is 1. The number of oxazole rings is 1. The van der Waals surface area contributed by atoms with Crippen molar-refractivity contribution in [2.24, 2.45) is 0 Å².